The molecule has 3 rings (SSSR count). The third-order valence-electron chi connectivity index (χ3n) is 3.85. The SMILES string of the molecule is O=C(CS(=O)CCOc1ccccc1Cl)N1CCc2sccc2C1. The first-order valence-corrected chi connectivity index (χ1v) is 10.4. The minimum atomic E-state index is -1.24. The van der Waals surface area contributed by atoms with Gasteiger partial charge in [0.05, 0.1) is 17.4 Å². The lowest BCUT2D eigenvalue weighted by Crippen LogP contribution is -2.38. The Morgan fingerprint density at radius 1 is 1.33 bits per heavy atom. The molecule has 0 radical (unpaired) electrons. The summed E-state index contributed by atoms with van der Waals surface area (Å²) < 4.78 is 17.6. The van der Waals surface area contributed by atoms with Crippen molar-refractivity contribution in [2.24, 2.45) is 0 Å². The molecule has 1 aromatic carbocycles. The maximum Gasteiger partial charge on any atom is 0.235 e. The summed E-state index contributed by atoms with van der Waals surface area (Å²) in [5.41, 5.74) is 1.22. The minimum absolute atomic E-state index is 0.0470. The molecular weight excluding hydrogens is 366 g/mol. The van der Waals surface area contributed by atoms with E-state index in [0.29, 0.717) is 29.6 Å². The number of hydrogen-bond acceptors (Lipinski definition) is 4. The molecule has 4 nitrogen and oxygen atoms in total. The van der Waals surface area contributed by atoms with E-state index in [-0.39, 0.29) is 18.3 Å². The highest BCUT2D eigenvalue weighted by molar-refractivity contribution is 7.85. The summed E-state index contributed by atoms with van der Waals surface area (Å²) in [4.78, 5) is 15.5. The van der Waals surface area contributed by atoms with E-state index in [4.69, 9.17) is 16.3 Å². The Kier molecular flexibility index (Phi) is 5.92. The molecule has 1 atom stereocenters. The molecule has 0 fully saturated rings. The number of carbonyl (C=O) groups excluding carboxylic acids is 1. The van der Waals surface area contributed by atoms with Crippen LogP contribution >= 0.6 is 22.9 Å². The van der Waals surface area contributed by atoms with Crippen LogP contribution in [0.3, 0.4) is 0 Å². The molecule has 0 saturated heterocycles. The van der Waals surface area contributed by atoms with Crippen molar-refractivity contribution in [3.05, 3.63) is 51.2 Å². The largest absolute Gasteiger partial charge is 0.491 e. The van der Waals surface area contributed by atoms with Gasteiger partial charge in [-0.25, -0.2) is 0 Å². The van der Waals surface area contributed by atoms with Crippen molar-refractivity contribution in [2.75, 3.05) is 24.7 Å². The van der Waals surface area contributed by atoms with Crippen LogP contribution in [0.25, 0.3) is 0 Å². The summed E-state index contributed by atoms with van der Waals surface area (Å²) in [5.74, 6) is 0.881. The van der Waals surface area contributed by atoms with E-state index in [1.165, 1.54) is 10.4 Å². The third kappa shape index (κ3) is 4.37. The molecule has 1 aliphatic heterocycles. The molecule has 2 aromatic rings. The molecule has 7 heteroatoms. The second-order valence-electron chi connectivity index (χ2n) is 5.50. The molecule has 0 aliphatic carbocycles. The Bertz CT molecular complexity index is 747. The maximum absolute atomic E-state index is 12.3. The quantitative estimate of drug-likeness (QED) is 0.770. The number of para-hydroxylation sites is 1. The zero-order chi connectivity index (χ0) is 16.9. The van der Waals surface area contributed by atoms with Crippen LogP contribution in [0, 0.1) is 0 Å². The van der Waals surface area contributed by atoms with E-state index in [1.807, 2.05) is 12.1 Å². The van der Waals surface area contributed by atoms with Gasteiger partial charge in [0, 0.05) is 28.8 Å². The van der Waals surface area contributed by atoms with Crippen LogP contribution < -0.4 is 4.74 Å². The Morgan fingerprint density at radius 2 is 2.17 bits per heavy atom. The van der Waals surface area contributed by atoms with Crippen molar-refractivity contribution in [1.82, 2.24) is 4.90 Å². The van der Waals surface area contributed by atoms with Crippen molar-refractivity contribution < 1.29 is 13.7 Å². The maximum atomic E-state index is 12.3. The van der Waals surface area contributed by atoms with Gasteiger partial charge in [-0.15, -0.1) is 11.3 Å². The highest BCUT2D eigenvalue weighted by atomic mass is 35.5. The molecule has 0 spiro atoms. The molecule has 1 amide bonds. The molecule has 1 aromatic heterocycles. The molecule has 2 heterocycles. The van der Waals surface area contributed by atoms with Crippen LogP contribution in [0.5, 0.6) is 5.75 Å². The second-order valence-corrected chi connectivity index (χ2v) is 8.49. The Morgan fingerprint density at radius 3 is 3.00 bits per heavy atom. The van der Waals surface area contributed by atoms with E-state index < -0.39 is 10.8 Å². The van der Waals surface area contributed by atoms with Crippen molar-refractivity contribution in [2.45, 2.75) is 13.0 Å². The number of rotatable bonds is 6. The van der Waals surface area contributed by atoms with Gasteiger partial charge < -0.3 is 9.64 Å². The van der Waals surface area contributed by atoms with Crippen LogP contribution in [0.2, 0.25) is 5.02 Å². The van der Waals surface area contributed by atoms with Crippen molar-refractivity contribution in [1.29, 1.82) is 0 Å². The first-order valence-electron chi connectivity index (χ1n) is 7.69. The average molecular weight is 384 g/mol. The molecule has 0 saturated carbocycles. The lowest BCUT2D eigenvalue weighted by atomic mass is 10.1. The minimum Gasteiger partial charge on any atom is -0.491 e. The van der Waals surface area contributed by atoms with Crippen LogP contribution in [0.15, 0.2) is 35.7 Å². The summed E-state index contributed by atoms with van der Waals surface area (Å²) in [6.07, 6.45) is 0.890. The standard InChI is InChI=1S/C17H18ClNO3S2/c18-14-3-1-2-4-15(14)22-8-10-24(21)12-17(20)19-7-5-16-13(11-19)6-9-23-16/h1-4,6,9H,5,7-8,10-12H2. The lowest BCUT2D eigenvalue weighted by Gasteiger charge is -2.26. The molecule has 0 N–H and O–H groups in total. The van der Waals surface area contributed by atoms with Crippen LogP contribution in [-0.2, 0) is 28.6 Å². The molecule has 128 valence electrons. The number of thiophene rings is 1. The fraction of sp³-hybridized carbons (Fsp3) is 0.353. The van der Waals surface area contributed by atoms with Gasteiger partial charge in [0.1, 0.15) is 11.5 Å². The zero-order valence-corrected chi connectivity index (χ0v) is 15.5. The highest BCUT2D eigenvalue weighted by Gasteiger charge is 2.22. The Hall–Kier alpha value is -1.37. The summed E-state index contributed by atoms with van der Waals surface area (Å²) in [6.45, 7) is 1.61. The summed E-state index contributed by atoms with van der Waals surface area (Å²) in [5, 5.41) is 2.59. The van der Waals surface area contributed by atoms with Gasteiger partial charge in [0.2, 0.25) is 5.91 Å². The van der Waals surface area contributed by atoms with Gasteiger partial charge in [-0.1, -0.05) is 23.7 Å². The smallest absolute Gasteiger partial charge is 0.235 e. The predicted octanol–water partition coefficient (Wildman–Crippen LogP) is 3.11. The third-order valence-corrected chi connectivity index (χ3v) is 6.38. The number of ether oxygens (including phenoxy) is 1. The molecule has 1 aliphatic rings. The lowest BCUT2D eigenvalue weighted by molar-refractivity contribution is -0.129. The fourth-order valence-corrected chi connectivity index (χ4v) is 4.52. The number of hydrogen-bond donors (Lipinski definition) is 0. The van der Waals surface area contributed by atoms with Gasteiger partial charge in [0.25, 0.3) is 0 Å². The number of carbonyl (C=O) groups is 1. The van der Waals surface area contributed by atoms with E-state index in [0.717, 1.165) is 6.42 Å². The van der Waals surface area contributed by atoms with Crippen LogP contribution in [-0.4, -0.2) is 39.7 Å². The number of nitrogens with zero attached hydrogens (tertiary/aromatic N) is 1. The number of fused-ring (bicyclic) bond motifs is 1. The molecular formula is C17H18ClNO3S2. The first-order chi connectivity index (χ1) is 11.6. The summed E-state index contributed by atoms with van der Waals surface area (Å²) in [6, 6.07) is 9.23. The highest BCUT2D eigenvalue weighted by Crippen LogP contribution is 2.24. The second kappa shape index (κ2) is 8.14. The summed E-state index contributed by atoms with van der Waals surface area (Å²) in [7, 11) is -1.24. The summed E-state index contributed by atoms with van der Waals surface area (Å²) >= 11 is 7.73. The Balaban J connectivity index is 1.43. The van der Waals surface area contributed by atoms with Crippen molar-refractivity contribution in [3.63, 3.8) is 0 Å². The van der Waals surface area contributed by atoms with Gasteiger partial charge in [-0.05, 0) is 35.6 Å². The Labute approximate surface area is 152 Å². The van der Waals surface area contributed by atoms with Gasteiger partial charge in [0.15, 0.2) is 0 Å². The number of benzene rings is 1. The molecule has 0 bridgehead atoms. The topological polar surface area (TPSA) is 46.6 Å². The monoisotopic (exact) mass is 383 g/mol. The van der Waals surface area contributed by atoms with Crippen LogP contribution in [0.1, 0.15) is 10.4 Å². The first kappa shape index (κ1) is 17.5. The van der Waals surface area contributed by atoms with Crippen molar-refractivity contribution >= 4 is 39.6 Å². The fourth-order valence-electron chi connectivity index (χ4n) is 2.57. The zero-order valence-electron chi connectivity index (χ0n) is 13.1. The number of amides is 1. The molecule has 1 unspecified atom stereocenters. The van der Waals surface area contributed by atoms with E-state index in [9.17, 15) is 9.00 Å². The van der Waals surface area contributed by atoms with E-state index in [2.05, 4.69) is 11.4 Å². The van der Waals surface area contributed by atoms with Gasteiger partial charge in [-0.3, -0.25) is 9.00 Å². The van der Waals surface area contributed by atoms with Gasteiger partial charge in [-0.2, -0.15) is 0 Å². The average Bonchev–Trinajstić information content (AvgIpc) is 3.04. The normalized spacial score (nSPS) is 15.0. The van der Waals surface area contributed by atoms with Gasteiger partial charge >= 0.3 is 0 Å². The number of halogens is 1. The van der Waals surface area contributed by atoms with Crippen LogP contribution in [0.4, 0.5) is 0 Å². The van der Waals surface area contributed by atoms with E-state index in [1.54, 1.807) is 28.4 Å². The predicted molar refractivity (Wildman–Crippen MR) is 98.3 cm³/mol. The molecule has 24 heavy (non-hydrogen) atoms. The van der Waals surface area contributed by atoms with Crippen molar-refractivity contribution in [3.8, 4) is 5.75 Å². The van der Waals surface area contributed by atoms with E-state index >= 15 is 0 Å².